The van der Waals surface area contributed by atoms with Crippen molar-refractivity contribution in [3.05, 3.63) is 40.9 Å². The molecule has 0 bridgehead atoms. The number of carbonyl (C=O) groups excluding carboxylic acids is 1. The summed E-state index contributed by atoms with van der Waals surface area (Å²) < 4.78 is 26.1. The number of nitrogens with one attached hydrogen (secondary N) is 1. The summed E-state index contributed by atoms with van der Waals surface area (Å²) in [5, 5.41) is 2.65. The number of rotatable bonds is 3. The molecule has 0 atom stereocenters. The number of anilines is 2. The number of nitrogens with zero attached hydrogens (tertiary/aromatic N) is 1. The van der Waals surface area contributed by atoms with Gasteiger partial charge in [-0.05, 0) is 12.1 Å². The van der Waals surface area contributed by atoms with E-state index in [1.807, 2.05) is 0 Å². The Bertz CT molecular complexity index is 585. The Morgan fingerprint density at radius 1 is 1.44 bits per heavy atom. The average Bonchev–Trinajstić information content (AvgIpc) is 2.69. The van der Waals surface area contributed by atoms with Crippen molar-refractivity contribution in [1.82, 2.24) is 4.98 Å². The lowest BCUT2D eigenvalue weighted by atomic mass is 10.2. The minimum atomic E-state index is -0.687. The average molecular weight is 269 g/mol. The van der Waals surface area contributed by atoms with E-state index in [-0.39, 0.29) is 12.1 Å². The molecule has 0 aliphatic heterocycles. The molecule has 1 aromatic carbocycles. The van der Waals surface area contributed by atoms with Crippen molar-refractivity contribution in [3.63, 3.8) is 0 Å². The highest BCUT2D eigenvalue weighted by Crippen LogP contribution is 2.18. The molecule has 0 spiro atoms. The van der Waals surface area contributed by atoms with Crippen LogP contribution in [0.25, 0.3) is 0 Å². The summed E-state index contributed by atoms with van der Waals surface area (Å²) in [7, 11) is 0. The number of carbonyl (C=O) groups is 1. The van der Waals surface area contributed by atoms with Crippen molar-refractivity contribution in [2.75, 3.05) is 11.1 Å². The molecule has 3 N–H and O–H groups in total. The van der Waals surface area contributed by atoms with E-state index >= 15 is 0 Å². The van der Waals surface area contributed by atoms with Crippen molar-refractivity contribution >= 4 is 28.1 Å². The highest BCUT2D eigenvalue weighted by molar-refractivity contribution is 7.15. The van der Waals surface area contributed by atoms with Gasteiger partial charge in [0.15, 0.2) is 5.13 Å². The van der Waals surface area contributed by atoms with Crippen LogP contribution in [0.2, 0.25) is 0 Å². The molecule has 0 radical (unpaired) electrons. The summed E-state index contributed by atoms with van der Waals surface area (Å²) in [5.74, 6) is -1.76. The van der Waals surface area contributed by atoms with Gasteiger partial charge in [0.25, 0.3) is 0 Å². The molecule has 1 heterocycles. The molecule has 0 fully saturated rings. The number of thiazole rings is 1. The first-order valence-corrected chi connectivity index (χ1v) is 5.81. The normalized spacial score (nSPS) is 10.3. The smallest absolute Gasteiger partial charge is 0.229 e. The molecule has 4 nitrogen and oxygen atoms in total. The molecule has 1 aromatic heterocycles. The largest absolute Gasteiger partial charge is 0.375 e. The molecule has 0 aliphatic carbocycles. The zero-order chi connectivity index (χ0) is 13.1. The second-order valence-electron chi connectivity index (χ2n) is 3.51. The van der Waals surface area contributed by atoms with Gasteiger partial charge in [-0.25, -0.2) is 13.8 Å². The fraction of sp³-hybridized carbons (Fsp3) is 0.0909. The van der Waals surface area contributed by atoms with E-state index in [1.165, 1.54) is 17.5 Å². The Kier molecular flexibility index (Phi) is 3.52. The van der Waals surface area contributed by atoms with Gasteiger partial charge >= 0.3 is 0 Å². The van der Waals surface area contributed by atoms with Crippen molar-refractivity contribution in [2.24, 2.45) is 0 Å². The summed E-state index contributed by atoms with van der Waals surface area (Å²) in [6.07, 6.45) is 1.49. The van der Waals surface area contributed by atoms with Crippen LogP contribution in [0.5, 0.6) is 0 Å². The van der Waals surface area contributed by atoms with Crippen LogP contribution in [0.15, 0.2) is 24.4 Å². The zero-order valence-electron chi connectivity index (χ0n) is 9.11. The van der Waals surface area contributed by atoms with E-state index in [0.717, 1.165) is 18.2 Å². The van der Waals surface area contributed by atoms with Crippen molar-refractivity contribution in [1.29, 1.82) is 0 Å². The Morgan fingerprint density at radius 2 is 2.22 bits per heavy atom. The molecular weight excluding hydrogens is 260 g/mol. The zero-order valence-corrected chi connectivity index (χ0v) is 9.93. The first-order valence-electron chi connectivity index (χ1n) is 4.99. The molecule has 18 heavy (non-hydrogen) atoms. The van der Waals surface area contributed by atoms with E-state index in [0.29, 0.717) is 10.0 Å². The highest BCUT2D eigenvalue weighted by atomic mass is 32.1. The predicted molar refractivity (Wildman–Crippen MR) is 65.2 cm³/mol. The Balaban J connectivity index is 2.05. The Labute approximate surface area is 105 Å². The van der Waals surface area contributed by atoms with Crippen LogP contribution in [0.4, 0.5) is 19.6 Å². The molecule has 94 valence electrons. The first kappa shape index (κ1) is 12.4. The summed E-state index contributed by atoms with van der Waals surface area (Å²) in [6.45, 7) is 0. The SMILES string of the molecule is Nc1ncc(CC(=O)Nc2cc(F)ccc2F)s1. The number of nitrogen functional groups attached to an aromatic ring is 1. The number of benzene rings is 1. The Hall–Kier alpha value is -2.02. The lowest BCUT2D eigenvalue weighted by molar-refractivity contribution is -0.115. The van der Waals surface area contributed by atoms with E-state index < -0.39 is 17.5 Å². The maximum atomic E-state index is 13.3. The third kappa shape index (κ3) is 3.01. The van der Waals surface area contributed by atoms with Gasteiger partial charge in [0.1, 0.15) is 11.6 Å². The van der Waals surface area contributed by atoms with Crippen LogP contribution in [-0.4, -0.2) is 10.9 Å². The van der Waals surface area contributed by atoms with Gasteiger partial charge in [-0.1, -0.05) is 0 Å². The molecule has 7 heteroatoms. The van der Waals surface area contributed by atoms with Crippen LogP contribution in [0, 0.1) is 11.6 Å². The summed E-state index contributed by atoms with van der Waals surface area (Å²) in [5.41, 5.74) is 5.23. The fourth-order valence-corrected chi connectivity index (χ4v) is 2.03. The monoisotopic (exact) mass is 269 g/mol. The van der Waals surface area contributed by atoms with E-state index in [4.69, 9.17) is 5.73 Å². The topological polar surface area (TPSA) is 68.0 Å². The number of halogens is 2. The lowest BCUT2D eigenvalue weighted by Crippen LogP contribution is -2.14. The third-order valence-corrected chi connectivity index (χ3v) is 2.94. The lowest BCUT2D eigenvalue weighted by Gasteiger charge is -2.05. The van der Waals surface area contributed by atoms with Gasteiger partial charge in [0.05, 0.1) is 12.1 Å². The van der Waals surface area contributed by atoms with Gasteiger partial charge in [0.2, 0.25) is 5.91 Å². The maximum Gasteiger partial charge on any atom is 0.229 e. The molecule has 0 saturated heterocycles. The third-order valence-electron chi connectivity index (χ3n) is 2.11. The summed E-state index contributed by atoms with van der Waals surface area (Å²) >= 11 is 1.17. The highest BCUT2D eigenvalue weighted by Gasteiger charge is 2.10. The molecule has 1 amide bonds. The molecule has 0 aliphatic rings. The van der Waals surface area contributed by atoms with E-state index in [9.17, 15) is 13.6 Å². The Morgan fingerprint density at radius 3 is 2.89 bits per heavy atom. The number of amides is 1. The van der Waals surface area contributed by atoms with Crippen molar-refractivity contribution < 1.29 is 13.6 Å². The summed E-state index contributed by atoms with van der Waals surface area (Å²) in [4.78, 5) is 16.0. The van der Waals surface area contributed by atoms with E-state index in [2.05, 4.69) is 10.3 Å². The van der Waals surface area contributed by atoms with Crippen molar-refractivity contribution in [3.8, 4) is 0 Å². The van der Waals surface area contributed by atoms with Crippen LogP contribution < -0.4 is 11.1 Å². The first-order chi connectivity index (χ1) is 8.54. The number of aromatic nitrogens is 1. The molecule has 2 rings (SSSR count). The number of nitrogens with two attached hydrogens (primary N) is 1. The van der Waals surface area contributed by atoms with Gasteiger partial charge in [-0.2, -0.15) is 0 Å². The molecule has 2 aromatic rings. The van der Waals surface area contributed by atoms with Gasteiger partial charge in [-0.3, -0.25) is 4.79 Å². The second-order valence-corrected chi connectivity index (χ2v) is 4.66. The maximum absolute atomic E-state index is 13.3. The molecule has 0 unspecified atom stereocenters. The molecule has 0 saturated carbocycles. The van der Waals surface area contributed by atoms with Crippen LogP contribution in [0.3, 0.4) is 0 Å². The summed E-state index contributed by atoms with van der Waals surface area (Å²) in [6, 6.07) is 2.86. The predicted octanol–water partition coefficient (Wildman–Crippen LogP) is 2.18. The fourth-order valence-electron chi connectivity index (χ4n) is 1.35. The van der Waals surface area contributed by atoms with Crippen LogP contribution in [-0.2, 0) is 11.2 Å². The van der Waals surface area contributed by atoms with Crippen LogP contribution >= 0.6 is 11.3 Å². The minimum Gasteiger partial charge on any atom is -0.375 e. The number of hydrogen-bond donors (Lipinski definition) is 2. The standard InChI is InChI=1S/C11H9F2N3OS/c12-6-1-2-8(13)9(3-6)16-10(17)4-7-5-15-11(14)18-7/h1-3,5H,4H2,(H2,14,15)(H,16,17). The van der Waals surface area contributed by atoms with Gasteiger partial charge < -0.3 is 11.1 Å². The second kappa shape index (κ2) is 5.09. The van der Waals surface area contributed by atoms with Crippen LogP contribution in [0.1, 0.15) is 4.88 Å². The minimum absolute atomic E-state index is 0.0187. The number of hydrogen-bond acceptors (Lipinski definition) is 4. The van der Waals surface area contributed by atoms with Gasteiger partial charge in [-0.15, -0.1) is 11.3 Å². The van der Waals surface area contributed by atoms with Gasteiger partial charge in [0, 0.05) is 17.1 Å². The van der Waals surface area contributed by atoms with E-state index in [1.54, 1.807) is 0 Å². The molecular formula is C11H9F2N3OS. The quantitative estimate of drug-likeness (QED) is 0.897. The van der Waals surface area contributed by atoms with Crippen molar-refractivity contribution in [2.45, 2.75) is 6.42 Å².